The molecule has 2 aromatic carbocycles. The third-order valence-corrected chi connectivity index (χ3v) is 7.19. The van der Waals surface area contributed by atoms with Crippen LogP contribution in [-0.2, 0) is 9.53 Å². The average molecular weight is 568 g/mol. The van der Waals surface area contributed by atoms with Crippen LogP contribution in [0.25, 0.3) is 0 Å². The van der Waals surface area contributed by atoms with Gasteiger partial charge in [0.1, 0.15) is 22.4 Å². The number of anilines is 2. The maximum Gasteiger partial charge on any atom is 0.273 e. The zero-order chi connectivity index (χ0) is 28.6. The number of nitrogens with two attached hydrogens (primary N) is 2. The van der Waals surface area contributed by atoms with E-state index in [0.717, 1.165) is 24.4 Å². The maximum atomic E-state index is 14.2. The minimum atomic E-state index is -1.11. The van der Waals surface area contributed by atoms with E-state index in [0.29, 0.717) is 49.1 Å². The molecule has 0 bridgehead atoms. The monoisotopic (exact) mass is 567 g/mol. The lowest BCUT2D eigenvalue weighted by atomic mass is 10.0. The van der Waals surface area contributed by atoms with Gasteiger partial charge in [-0.15, -0.1) is 0 Å². The third-order valence-electron chi connectivity index (χ3n) is 6.34. The molecule has 1 aliphatic rings. The van der Waals surface area contributed by atoms with Gasteiger partial charge in [-0.1, -0.05) is 12.1 Å². The van der Waals surface area contributed by atoms with Crippen molar-refractivity contribution in [2.45, 2.75) is 38.8 Å². The van der Waals surface area contributed by atoms with Crippen molar-refractivity contribution < 1.29 is 28.6 Å². The molecule has 3 aromatic rings. The second kappa shape index (κ2) is 13.3. The van der Waals surface area contributed by atoms with Crippen LogP contribution < -0.4 is 31.2 Å². The van der Waals surface area contributed by atoms with Crippen LogP contribution >= 0.6 is 11.5 Å². The number of carbonyl (C=O) groups is 3. The first-order chi connectivity index (χ1) is 19.3. The molecule has 1 aromatic heterocycles. The van der Waals surface area contributed by atoms with Gasteiger partial charge in [0.15, 0.2) is 5.69 Å². The van der Waals surface area contributed by atoms with Crippen molar-refractivity contribution in [1.82, 2.24) is 9.69 Å². The fourth-order valence-electron chi connectivity index (χ4n) is 4.44. The van der Waals surface area contributed by atoms with E-state index in [2.05, 4.69) is 9.69 Å². The SMILES string of the molecule is CCOc1ccc(C(C(=O)NCC2CCCO2)N(C(=O)c2snc(C(N)=O)c2N)c2ccc(OCC)cc2)cc1. The van der Waals surface area contributed by atoms with Crippen molar-refractivity contribution in [3.63, 3.8) is 0 Å². The molecule has 0 saturated carbocycles. The Balaban J connectivity index is 1.80. The molecule has 0 spiro atoms. The number of hydrogen-bond acceptors (Lipinski definition) is 9. The lowest BCUT2D eigenvalue weighted by molar-refractivity contribution is -0.123. The summed E-state index contributed by atoms with van der Waals surface area (Å²) in [4.78, 5) is 41.2. The summed E-state index contributed by atoms with van der Waals surface area (Å²) in [6, 6.07) is 12.6. The molecule has 0 radical (unpaired) electrons. The number of nitrogens with zero attached hydrogens (tertiary/aromatic N) is 2. The second-order valence-corrected chi connectivity index (χ2v) is 9.80. The molecule has 2 heterocycles. The molecule has 40 heavy (non-hydrogen) atoms. The molecule has 1 saturated heterocycles. The number of nitrogen functional groups attached to an aromatic ring is 1. The Morgan fingerprint density at radius 3 is 2.23 bits per heavy atom. The van der Waals surface area contributed by atoms with Crippen LogP contribution in [0.2, 0.25) is 0 Å². The third kappa shape index (κ3) is 6.52. The van der Waals surface area contributed by atoms with Crippen molar-refractivity contribution in [3.8, 4) is 11.5 Å². The average Bonchev–Trinajstić information content (AvgIpc) is 3.61. The fourth-order valence-corrected chi connectivity index (χ4v) is 5.18. The molecular formula is C28H33N5O6S. The summed E-state index contributed by atoms with van der Waals surface area (Å²) in [6.45, 7) is 5.64. The molecule has 2 unspecified atom stereocenters. The Morgan fingerprint density at radius 1 is 1.07 bits per heavy atom. The van der Waals surface area contributed by atoms with Gasteiger partial charge in [-0.2, -0.15) is 4.37 Å². The topological polar surface area (TPSA) is 159 Å². The van der Waals surface area contributed by atoms with Crippen molar-refractivity contribution >= 4 is 40.6 Å². The molecule has 5 N–H and O–H groups in total. The van der Waals surface area contributed by atoms with E-state index >= 15 is 0 Å². The molecule has 1 fully saturated rings. The van der Waals surface area contributed by atoms with Crippen molar-refractivity contribution in [2.75, 3.05) is 37.0 Å². The minimum absolute atomic E-state index is 0.00875. The lowest BCUT2D eigenvalue weighted by Crippen LogP contribution is -2.45. The second-order valence-electron chi connectivity index (χ2n) is 9.03. The van der Waals surface area contributed by atoms with Gasteiger partial charge >= 0.3 is 0 Å². The molecule has 2 atom stereocenters. The minimum Gasteiger partial charge on any atom is -0.494 e. The summed E-state index contributed by atoms with van der Waals surface area (Å²) in [7, 11) is 0. The summed E-state index contributed by atoms with van der Waals surface area (Å²) >= 11 is 0.751. The van der Waals surface area contributed by atoms with E-state index in [4.69, 9.17) is 25.7 Å². The zero-order valence-corrected chi connectivity index (χ0v) is 23.2. The number of primary amides is 1. The Kier molecular flexibility index (Phi) is 9.56. The van der Waals surface area contributed by atoms with E-state index in [9.17, 15) is 14.4 Å². The van der Waals surface area contributed by atoms with Gasteiger partial charge in [0.25, 0.3) is 11.8 Å². The number of ether oxygens (including phenoxy) is 3. The predicted octanol–water partition coefficient (Wildman–Crippen LogP) is 3.30. The molecular weight excluding hydrogens is 534 g/mol. The Morgan fingerprint density at radius 2 is 1.70 bits per heavy atom. The van der Waals surface area contributed by atoms with E-state index in [1.807, 2.05) is 13.8 Å². The highest BCUT2D eigenvalue weighted by Gasteiger charge is 2.36. The number of aromatic nitrogens is 1. The molecule has 12 heteroatoms. The van der Waals surface area contributed by atoms with Crippen LogP contribution in [0.4, 0.5) is 11.4 Å². The van der Waals surface area contributed by atoms with Crippen molar-refractivity contribution in [1.29, 1.82) is 0 Å². The van der Waals surface area contributed by atoms with Gasteiger partial charge in [-0.3, -0.25) is 19.3 Å². The first-order valence-electron chi connectivity index (χ1n) is 13.1. The molecule has 212 valence electrons. The van der Waals surface area contributed by atoms with E-state index in [1.165, 1.54) is 4.90 Å². The quantitative estimate of drug-likeness (QED) is 0.301. The van der Waals surface area contributed by atoms with Gasteiger partial charge in [-0.25, -0.2) is 0 Å². The molecule has 11 nitrogen and oxygen atoms in total. The number of amides is 3. The van der Waals surface area contributed by atoms with Gasteiger partial charge in [0.2, 0.25) is 5.91 Å². The largest absolute Gasteiger partial charge is 0.494 e. The maximum absolute atomic E-state index is 14.2. The number of rotatable bonds is 12. The summed E-state index contributed by atoms with van der Waals surface area (Å²) in [5, 5.41) is 2.96. The molecule has 3 amide bonds. The molecule has 4 rings (SSSR count). The first kappa shape index (κ1) is 28.8. The van der Waals surface area contributed by atoms with Crippen LogP contribution in [0.1, 0.15) is 58.5 Å². The predicted molar refractivity (Wildman–Crippen MR) is 152 cm³/mol. The lowest BCUT2D eigenvalue weighted by Gasteiger charge is -2.31. The summed E-state index contributed by atoms with van der Waals surface area (Å²) in [5.74, 6) is -0.648. The number of nitrogens with one attached hydrogen (secondary N) is 1. The van der Waals surface area contributed by atoms with Gasteiger partial charge < -0.3 is 31.0 Å². The van der Waals surface area contributed by atoms with E-state index in [1.54, 1.807) is 48.5 Å². The summed E-state index contributed by atoms with van der Waals surface area (Å²) in [6.07, 6.45) is 1.66. The number of carbonyl (C=O) groups excluding carboxylic acids is 3. The Bertz CT molecular complexity index is 1320. The van der Waals surface area contributed by atoms with Crippen LogP contribution in [0, 0.1) is 0 Å². The highest BCUT2D eigenvalue weighted by atomic mass is 32.1. The number of hydrogen-bond donors (Lipinski definition) is 3. The Hall–Kier alpha value is -4.16. The summed E-state index contributed by atoms with van der Waals surface area (Å²) < 4.78 is 20.8. The van der Waals surface area contributed by atoms with Crippen molar-refractivity contribution in [3.05, 3.63) is 64.7 Å². The van der Waals surface area contributed by atoms with Gasteiger partial charge in [-0.05, 0) is 80.2 Å². The number of benzene rings is 2. The van der Waals surface area contributed by atoms with Gasteiger partial charge in [0, 0.05) is 18.8 Å². The van der Waals surface area contributed by atoms with E-state index in [-0.39, 0.29) is 22.4 Å². The highest BCUT2D eigenvalue weighted by Crippen LogP contribution is 2.34. The Labute approximate surface area is 236 Å². The first-order valence-corrected chi connectivity index (χ1v) is 13.8. The normalized spacial score (nSPS) is 15.3. The smallest absolute Gasteiger partial charge is 0.273 e. The van der Waals surface area contributed by atoms with Crippen LogP contribution in [0.5, 0.6) is 11.5 Å². The molecule has 0 aliphatic carbocycles. The standard InChI is InChI=1S/C28H33N5O6S/c1-3-37-19-11-7-17(8-12-19)24(27(35)31-16-21-6-5-15-39-21)33(18-9-13-20(14-10-18)38-4-2)28(36)25-22(29)23(26(30)34)32-40-25/h7-14,21,24H,3-6,15-16,29H2,1-2H3,(H2,30,34)(H,31,35). The molecule has 1 aliphatic heterocycles. The van der Waals surface area contributed by atoms with Gasteiger partial charge in [0.05, 0.1) is 25.0 Å². The van der Waals surface area contributed by atoms with E-state index < -0.39 is 23.8 Å². The van der Waals surface area contributed by atoms with Crippen molar-refractivity contribution in [2.24, 2.45) is 5.73 Å². The fraction of sp³-hybridized carbons (Fsp3) is 0.357. The van der Waals surface area contributed by atoms with Crippen LogP contribution in [0.3, 0.4) is 0 Å². The highest BCUT2D eigenvalue weighted by molar-refractivity contribution is 7.09. The summed E-state index contributed by atoms with van der Waals surface area (Å²) in [5.41, 5.74) is 12.2. The zero-order valence-electron chi connectivity index (χ0n) is 22.4. The van der Waals surface area contributed by atoms with Crippen LogP contribution in [-0.4, -0.2) is 54.6 Å². The van der Waals surface area contributed by atoms with Crippen LogP contribution in [0.15, 0.2) is 48.5 Å².